The Morgan fingerprint density at radius 2 is 1.77 bits per heavy atom. The van der Waals surface area contributed by atoms with Gasteiger partial charge >= 0.3 is 5.97 Å². The van der Waals surface area contributed by atoms with Crippen molar-refractivity contribution in [2.24, 2.45) is 11.8 Å². The predicted molar refractivity (Wildman–Crippen MR) is 90.4 cm³/mol. The first-order valence-electron chi connectivity index (χ1n) is 8.06. The molecule has 0 aliphatic heterocycles. The molecule has 4 nitrogen and oxygen atoms in total. The second-order valence-electron chi connectivity index (χ2n) is 6.00. The fraction of sp³-hybridized carbons (Fsp3) is 0.667. The third kappa shape index (κ3) is 8.65. The van der Waals surface area contributed by atoms with Crippen molar-refractivity contribution in [2.45, 2.75) is 58.4 Å². The Kier molecular flexibility index (Phi) is 11.2. The zero-order valence-corrected chi connectivity index (χ0v) is 14.3. The molecular weight excluding hydrogens is 278 g/mol. The Balaban J connectivity index is 4.73. The number of nitrogens with one attached hydrogen (secondary N) is 1. The van der Waals surface area contributed by atoms with Gasteiger partial charge in [0.05, 0.1) is 7.11 Å². The molecule has 0 aromatic heterocycles. The van der Waals surface area contributed by atoms with Gasteiger partial charge in [0.2, 0.25) is 5.91 Å². The van der Waals surface area contributed by atoms with Gasteiger partial charge in [-0.05, 0) is 44.4 Å². The average Bonchev–Trinajstić information content (AvgIpc) is 2.48. The Morgan fingerprint density at radius 1 is 1.14 bits per heavy atom. The number of amides is 1. The molecule has 1 amide bonds. The number of rotatable bonds is 12. The van der Waals surface area contributed by atoms with Crippen molar-refractivity contribution in [1.29, 1.82) is 0 Å². The van der Waals surface area contributed by atoms with Gasteiger partial charge in [0.25, 0.3) is 0 Å². The highest BCUT2D eigenvalue weighted by atomic mass is 16.5. The number of hydrogen-bond acceptors (Lipinski definition) is 3. The van der Waals surface area contributed by atoms with E-state index in [0.29, 0.717) is 12.3 Å². The van der Waals surface area contributed by atoms with Crippen molar-refractivity contribution in [3.8, 4) is 0 Å². The maximum atomic E-state index is 12.5. The highest BCUT2D eigenvalue weighted by Crippen LogP contribution is 2.17. The summed E-state index contributed by atoms with van der Waals surface area (Å²) in [5.41, 5.74) is 0. The Morgan fingerprint density at radius 3 is 2.27 bits per heavy atom. The minimum absolute atomic E-state index is 0.0676. The van der Waals surface area contributed by atoms with Crippen molar-refractivity contribution < 1.29 is 14.3 Å². The molecule has 0 spiro atoms. The van der Waals surface area contributed by atoms with Gasteiger partial charge in [-0.1, -0.05) is 26.0 Å². The summed E-state index contributed by atoms with van der Waals surface area (Å²) in [6.07, 6.45) is 8.41. The van der Waals surface area contributed by atoms with Crippen LogP contribution in [0.4, 0.5) is 0 Å². The number of carbonyl (C=O) groups is 2. The topological polar surface area (TPSA) is 55.4 Å². The Bertz CT molecular complexity index is 363. The number of unbranched alkanes of at least 4 members (excludes halogenated alkanes) is 1. The molecular formula is C18H31NO3. The fourth-order valence-electron chi connectivity index (χ4n) is 2.35. The number of allylic oxidation sites excluding steroid dienone is 2. The lowest BCUT2D eigenvalue weighted by atomic mass is 9.94. The van der Waals surface area contributed by atoms with E-state index in [1.165, 1.54) is 7.11 Å². The molecule has 2 atom stereocenters. The van der Waals surface area contributed by atoms with E-state index in [2.05, 4.69) is 18.5 Å². The zero-order valence-electron chi connectivity index (χ0n) is 14.3. The molecule has 22 heavy (non-hydrogen) atoms. The van der Waals surface area contributed by atoms with Crippen LogP contribution >= 0.6 is 0 Å². The third-order valence-electron chi connectivity index (χ3n) is 3.56. The lowest BCUT2D eigenvalue weighted by molar-refractivity contribution is -0.146. The van der Waals surface area contributed by atoms with E-state index in [1.807, 2.05) is 26.0 Å². The molecule has 0 rings (SSSR count). The van der Waals surface area contributed by atoms with Gasteiger partial charge in [-0.15, -0.1) is 13.2 Å². The maximum absolute atomic E-state index is 12.5. The number of hydrogen-bond donors (Lipinski definition) is 1. The normalized spacial score (nSPS) is 13.3. The minimum atomic E-state index is -0.567. The zero-order chi connectivity index (χ0) is 17.0. The molecule has 0 aromatic rings. The molecule has 0 saturated carbocycles. The number of esters is 1. The van der Waals surface area contributed by atoms with Crippen LogP contribution in [0.2, 0.25) is 0 Å². The maximum Gasteiger partial charge on any atom is 0.328 e. The van der Waals surface area contributed by atoms with Crippen LogP contribution in [0.5, 0.6) is 0 Å². The van der Waals surface area contributed by atoms with E-state index < -0.39 is 6.04 Å². The molecule has 0 heterocycles. The average molecular weight is 309 g/mol. The van der Waals surface area contributed by atoms with Crippen molar-refractivity contribution in [2.75, 3.05) is 7.11 Å². The van der Waals surface area contributed by atoms with Crippen LogP contribution in [0, 0.1) is 11.8 Å². The summed E-state index contributed by atoms with van der Waals surface area (Å²) in [7, 11) is 1.35. The van der Waals surface area contributed by atoms with Crippen LogP contribution in [0.1, 0.15) is 52.4 Å². The van der Waals surface area contributed by atoms with Crippen molar-refractivity contribution in [3.63, 3.8) is 0 Å². The van der Waals surface area contributed by atoms with E-state index >= 15 is 0 Å². The number of methoxy groups -OCH3 is 1. The van der Waals surface area contributed by atoms with E-state index in [-0.39, 0.29) is 17.8 Å². The fourth-order valence-corrected chi connectivity index (χ4v) is 2.35. The van der Waals surface area contributed by atoms with Gasteiger partial charge < -0.3 is 10.1 Å². The van der Waals surface area contributed by atoms with Gasteiger partial charge in [-0.25, -0.2) is 4.79 Å². The van der Waals surface area contributed by atoms with Gasteiger partial charge in [0.15, 0.2) is 0 Å². The molecule has 0 bridgehead atoms. The van der Waals surface area contributed by atoms with Crippen molar-refractivity contribution >= 4 is 11.9 Å². The molecule has 0 aromatic carbocycles. The van der Waals surface area contributed by atoms with E-state index in [0.717, 1.165) is 32.1 Å². The molecule has 0 fully saturated rings. The van der Waals surface area contributed by atoms with Crippen LogP contribution in [-0.2, 0) is 14.3 Å². The Hall–Kier alpha value is -1.58. The van der Waals surface area contributed by atoms with Crippen LogP contribution in [0.25, 0.3) is 0 Å². The summed E-state index contributed by atoms with van der Waals surface area (Å²) in [5, 5.41) is 2.86. The predicted octanol–water partition coefficient (Wildman–Crippen LogP) is 3.63. The van der Waals surface area contributed by atoms with Crippen LogP contribution in [-0.4, -0.2) is 25.0 Å². The molecule has 0 radical (unpaired) electrons. The lowest BCUT2D eigenvalue weighted by Gasteiger charge is -2.22. The van der Waals surface area contributed by atoms with Crippen LogP contribution in [0.3, 0.4) is 0 Å². The van der Waals surface area contributed by atoms with Crippen molar-refractivity contribution in [3.05, 3.63) is 25.3 Å². The summed E-state index contributed by atoms with van der Waals surface area (Å²) in [5.74, 6) is -0.244. The summed E-state index contributed by atoms with van der Waals surface area (Å²) < 4.78 is 4.79. The van der Waals surface area contributed by atoms with Gasteiger partial charge in [0, 0.05) is 5.92 Å². The van der Waals surface area contributed by atoms with Crippen LogP contribution < -0.4 is 5.32 Å². The monoisotopic (exact) mass is 309 g/mol. The molecule has 0 aliphatic rings. The summed E-state index contributed by atoms with van der Waals surface area (Å²) >= 11 is 0. The lowest BCUT2D eigenvalue weighted by Crippen LogP contribution is -2.45. The summed E-state index contributed by atoms with van der Waals surface area (Å²) in [6.45, 7) is 11.4. The Labute approximate surface area is 135 Å². The molecule has 0 saturated heterocycles. The first-order valence-corrected chi connectivity index (χ1v) is 8.06. The third-order valence-corrected chi connectivity index (χ3v) is 3.56. The highest BCUT2D eigenvalue weighted by molar-refractivity contribution is 5.85. The highest BCUT2D eigenvalue weighted by Gasteiger charge is 2.26. The first kappa shape index (κ1) is 20.4. The molecule has 1 N–H and O–H groups in total. The second-order valence-corrected chi connectivity index (χ2v) is 6.00. The van der Waals surface area contributed by atoms with Gasteiger partial charge in [0.1, 0.15) is 6.04 Å². The smallest absolute Gasteiger partial charge is 0.328 e. The molecule has 4 heteroatoms. The second kappa shape index (κ2) is 12.0. The quantitative estimate of drug-likeness (QED) is 0.340. The largest absolute Gasteiger partial charge is 0.467 e. The van der Waals surface area contributed by atoms with Crippen molar-refractivity contribution in [1.82, 2.24) is 5.32 Å². The number of carbonyl (C=O) groups excluding carboxylic acids is 2. The summed E-state index contributed by atoms with van der Waals surface area (Å²) in [4.78, 5) is 24.3. The number of ether oxygens (including phenoxy) is 1. The molecule has 1 unspecified atom stereocenters. The van der Waals surface area contributed by atoms with E-state index in [9.17, 15) is 9.59 Å². The van der Waals surface area contributed by atoms with Gasteiger partial charge in [-0.2, -0.15) is 0 Å². The van der Waals surface area contributed by atoms with Gasteiger partial charge in [-0.3, -0.25) is 4.79 Å². The van der Waals surface area contributed by atoms with E-state index in [4.69, 9.17) is 4.74 Å². The van der Waals surface area contributed by atoms with E-state index in [1.54, 1.807) is 0 Å². The molecule has 126 valence electrons. The SMILES string of the molecule is C=CCCCC(CCC=C)C(=O)N[C@@H](CC(C)C)C(=O)OC. The molecule has 0 aliphatic carbocycles. The first-order chi connectivity index (χ1) is 10.5. The standard InChI is InChI=1S/C18H31NO3/c1-6-8-10-12-15(11-9-7-2)17(20)19-16(13-14(3)4)18(21)22-5/h6-7,14-16H,1-2,8-13H2,3-5H3,(H,19,20)/t15?,16-/m0/s1. The van der Waals surface area contributed by atoms with Crippen LogP contribution in [0.15, 0.2) is 25.3 Å². The minimum Gasteiger partial charge on any atom is -0.467 e. The summed E-state index contributed by atoms with van der Waals surface area (Å²) in [6, 6.07) is -0.567.